The molecule has 0 saturated heterocycles. The van der Waals surface area contributed by atoms with Gasteiger partial charge in [0.25, 0.3) is 11.8 Å². The van der Waals surface area contributed by atoms with Gasteiger partial charge in [0, 0.05) is 23.0 Å². The van der Waals surface area contributed by atoms with Gasteiger partial charge in [-0.15, -0.1) is 0 Å². The quantitative estimate of drug-likeness (QED) is 0.768. The lowest BCUT2D eigenvalue weighted by atomic mass is 9.86. The first-order chi connectivity index (χ1) is 12.7. The van der Waals surface area contributed by atoms with Gasteiger partial charge in [-0.05, 0) is 23.8 Å². The van der Waals surface area contributed by atoms with Gasteiger partial charge in [-0.2, -0.15) is 0 Å². The maximum absolute atomic E-state index is 14.2. The minimum atomic E-state index is -2.92. The summed E-state index contributed by atoms with van der Waals surface area (Å²) in [7, 11) is 0. The van der Waals surface area contributed by atoms with Gasteiger partial charge in [0.2, 0.25) is 11.9 Å². The molecule has 2 amide bonds. The molecular weight excluding hydrogens is 446 g/mol. The lowest BCUT2D eigenvalue weighted by Crippen LogP contribution is -2.48. The zero-order chi connectivity index (χ0) is 19.4. The number of benzene rings is 1. The van der Waals surface area contributed by atoms with Crippen LogP contribution in [-0.4, -0.2) is 45.7 Å². The zero-order valence-electron chi connectivity index (χ0n) is 13.7. The number of nitrogens with zero attached hydrogens (tertiary/aromatic N) is 3. The summed E-state index contributed by atoms with van der Waals surface area (Å²) in [6.07, 6.45) is 2.27. The van der Waals surface area contributed by atoms with E-state index < -0.39 is 23.2 Å². The SMILES string of the molecule is O=C(CN1CC2(CC2(F)F)c2cc(Br)ccc2C1=O)Nc1ncc(Cl)cn1. The lowest BCUT2D eigenvalue weighted by molar-refractivity contribution is -0.117. The molecule has 140 valence electrons. The van der Waals surface area contributed by atoms with Crippen LogP contribution in [0.15, 0.2) is 35.1 Å². The fraction of sp³-hybridized carbons (Fsp3) is 0.294. The first-order valence-electron chi connectivity index (χ1n) is 7.96. The Morgan fingerprint density at radius 3 is 2.63 bits per heavy atom. The highest BCUT2D eigenvalue weighted by atomic mass is 79.9. The van der Waals surface area contributed by atoms with Gasteiger partial charge in [-0.1, -0.05) is 27.5 Å². The van der Waals surface area contributed by atoms with Crippen LogP contribution >= 0.6 is 27.5 Å². The van der Waals surface area contributed by atoms with Crippen LogP contribution in [0.1, 0.15) is 22.3 Å². The number of carbonyl (C=O) groups is 2. The Balaban J connectivity index is 1.57. The molecule has 6 nitrogen and oxygen atoms in total. The van der Waals surface area contributed by atoms with E-state index in [9.17, 15) is 18.4 Å². The lowest BCUT2D eigenvalue weighted by Gasteiger charge is -2.34. The highest BCUT2D eigenvalue weighted by Crippen LogP contribution is 2.64. The molecule has 2 heterocycles. The van der Waals surface area contributed by atoms with Crippen molar-refractivity contribution in [2.24, 2.45) is 0 Å². The highest BCUT2D eigenvalue weighted by Gasteiger charge is 2.74. The van der Waals surface area contributed by atoms with Crippen LogP contribution in [0.3, 0.4) is 0 Å². The second-order valence-electron chi connectivity index (χ2n) is 6.59. The number of rotatable bonds is 3. The fourth-order valence-electron chi connectivity index (χ4n) is 3.39. The van der Waals surface area contributed by atoms with E-state index in [0.717, 1.165) is 4.90 Å². The van der Waals surface area contributed by atoms with E-state index in [1.807, 2.05) is 0 Å². The van der Waals surface area contributed by atoms with Crippen molar-refractivity contribution in [1.29, 1.82) is 0 Å². The summed E-state index contributed by atoms with van der Waals surface area (Å²) in [5.41, 5.74) is -0.932. The average molecular weight is 458 g/mol. The third kappa shape index (κ3) is 3.08. The van der Waals surface area contributed by atoms with Crippen molar-refractivity contribution in [2.45, 2.75) is 17.8 Å². The number of carbonyl (C=O) groups excluding carboxylic acids is 2. The number of aromatic nitrogens is 2. The predicted octanol–water partition coefficient (Wildman–Crippen LogP) is 3.26. The van der Waals surface area contributed by atoms with Crippen molar-refractivity contribution < 1.29 is 18.4 Å². The number of hydrogen-bond acceptors (Lipinski definition) is 4. The summed E-state index contributed by atoms with van der Waals surface area (Å²) in [5.74, 6) is -3.94. The monoisotopic (exact) mass is 456 g/mol. The van der Waals surface area contributed by atoms with Gasteiger partial charge in [-0.25, -0.2) is 18.7 Å². The second-order valence-corrected chi connectivity index (χ2v) is 7.94. The third-order valence-electron chi connectivity index (χ3n) is 4.78. The molecule has 2 aromatic rings. The Morgan fingerprint density at radius 2 is 2.00 bits per heavy atom. The summed E-state index contributed by atoms with van der Waals surface area (Å²) in [4.78, 5) is 33.8. The number of fused-ring (bicyclic) bond motifs is 2. The largest absolute Gasteiger partial charge is 0.328 e. The number of halogens is 4. The molecule has 1 aliphatic heterocycles. The van der Waals surface area contributed by atoms with Crippen LogP contribution in [-0.2, 0) is 10.2 Å². The molecule has 2 aliphatic rings. The number of hydrogen-bond donors (Lipinski definition) is 1. The zero-order valence-corrected chi connectivity index (χ0v) is 16.0. The average Bonchev–Trinajstić information content (AvgIpc) is 3.16. The van der Waals surface area contributed by atoms with E-state index >= 15 is 0 Å². The Labute approximate surface area is 166 Å². The van der Waals surface area contributed by atoms with Crippen molar-refractivity contribution in [1.82, 2.24) is 14.9 Å². The third-order valence-corrected chi connectivity index (χ3v) is 5.47. The van der Waals surface area contributed by atoms with Gasteiger partial charge < -0.3 is 4.90 Å². The van der Waals surface area contributed by atoms with E-state index in [2.05, 4.69) is 31.2 Å². The molecule has 1 aromatic heterocycles. The van der Waals surface area contributed by atoms with Crippen LogP contribution in [0, 0.1) is 0 Å². The van der Waals surface area contributed by atoms with E-state index in [-0.39, 0.29) is 31.0 Å². The van der Waals surface area contributed by atoms with E-state index in [4.69, 9.17) is 11.6 Å². The number of amides is 2. The van der Waals surface area contributed by atoms with Crippen LogP contribution < -0.4 is 5.32 Å². The number of alkyl halides is 2. The van der Waals surface area contributed by atoms with Gasteiger partial charge in [0.05, 0.1) is 22.8 Å². The Bertz CT molecular complexity index is 956. The summed E-state index contributed by atoms with van der Waals surface area (Å²) in [6.45, 7) is -0.602. The molecule has 0 radical (unpaired) electrons. The summed E-state index contributed by atoms with van der Waals surface area (Å²) in [5, 5.41) is 2.74. The van der Waals surface area contributed by atoms with E-state index in [0.29, 0.717) is 15.1 Å². The topological polar surface area (TPSA) is 75.2 Å². The maximum atomic E-state index is 14.2. The Morgan fingerprint density at radius 1 is 1.33 bits per heavy atom. The second kappa shape index (κ2) is 6.20. The highest BCUT2D eigenvalue weighted by molar-refractivity contribution is 9.10. The minimum absolute atomic E-state index is 0.0182. The van der Waals surface area contributed by atoms with E-state index in [1.54, 1.807) is 12.1 Å². The normalized spacial score (nSPS) is 22.5. The van der Waals surface area contributed by atoms with Crippen molar-refractivity contribution >= 4 is 45.3 Å². The van der Waals surface area contributed by atoms with Gasteiger partial charge in [-0.3, -0.25) is 14.9 Å². The molecule has 1 saturated carbocycles. The summed E-state index contributed by atoms with van der Waals surface area (Å²) < 4.78 is 29.1. The van der Waals surface area contributed by atoms with Crippen LogP contribution in [0.25, 0.3) is 0 Å². The molecule has 0 bridgehead atoms. The van der Waals surface area contributed by atoms with Gasteiger partial charge in [0.15, 0.2) is 0 Å². The molecular formula is C17H12BrClF2N4O2. The predicted molar refractivity (Wildman–Crippen MR) is 97.0 cm³/mol. The van der Waals surface area contributed by atoms with Crippen molar-refractivity contribution in [3.05, 3.63) is 51.2 Å². The molecule has 27 heavy (non-hydrogen) atoms. The molecule has 1 N–H and O–H groups in total. The molecule has 1 unspecified atom stereocenters. The Kier molecular flexibility index (Phi) is 4.19. The molecule has 1 aliphatic carbocycles. The fourth-order valence-corrected chi connectivity index (χ4v) is 3.85. The summed E-state index contributed by atoms with van der Waals surface area (Å²) in [6, 6.07) is 4.69. The van der Waals surface area contributed by atoms with Crippen molar-refractivity contribution in [3.63, 3.8) is 0 Å². The minimum Gasteiger partial charge on any atom is -0.328 e. The van der Waals surface area contributed by atoms with Crippen LogP contribution in [0.2, 0.25) is 5.02 Å². The van der Waals surface area contributed by atoms with Crippen molar-refractivity contribution in [3.8, 4) is 0 Å². The summed E-state index contributed by atoms with van der Waals surface area (Å²) >= 11 is 8.95. The molecule has 1 atom stereocenters. The van der Waals surface area contributed by atoms with Crippen molar-refractivity contribution in [2.75, 3.05) is 18.4 Å². The van der Waals surface area contributed by atoms with Crippen LogP contribution in [0.5, 0.6) is 0 Å². The number of anilines is 1. The standard InChI is InChI=1S/C17H12BrClF2N4O2/c18-9-1-2-11-12(3-9)16(7-17(16,20)21)8-25(14(11)27)6-13(26)24-15-22-4-10(19)5-23-15/h1-5H,6-8H2,(H,22,23,24,26). The molecule has 4 rings (SSSR count). The smallest absolute Gasteiger partial charge is 0.260 e. The van der Waals surface area contributed by atoms with Crippen LogP contribution in [0.4, 0.5) is 14.7 Å². The molecule has 10 heteroatoms. The maximum Gasteiger partial charge on any atom is 0.260 e. The molecule has 1 aromatic carbocycles. The molecule has 1 spiro atoms. The van der Waals surface area contributed by atoms with Gasteiger partial charge >= 0.3 is 0 Å². The van der Waals surface area contributed by atoms with Gasteiger partial charge in [0.1, 0.15) is 6.54 Å². The van der Waals surface area contributed by atoms with E-state index in [1.165, 1.54) is 18.5 Å². The number of nitrogens with one attached hydrogen (secondary N) is 1. The first kappa shape index (κ1) is 18.2. The first-order valence-corrected chi connectivity index (χ1v) is 9.13. The Hall–Kier alpha value is -2.13. The molecule has 1 fully saturated rings.